The molecule has 0 fully saturated rings. The molecule has 2 aromatic rings. The molecule has 0 aliphatic carbocycles. The van der Waals surface area contributed by atoms with Crippen LogP contribution in [0.3, 0.4) is 0 Å². The van der Waals surface area contributed by atoms with Gasteiger partial charge in [-0.1, -0.05) is 18.2 Å². The van der Waals surface area contributed by atoms with Crippen LogP contribution in [0.5, 0.6) is 0 Å². The molecule has 0 saturated heterocycles. The van der Waals surface area contributed by atoms with Crippen LogP contribution in [0.15, 0.2) is 30.6 Å². The third-order valence-electron chi connectivity index (χ3n) is 3.69. The average Bonchev–Trinajstić information content (AvgIpc) is 2.90. The summed E-state index contributed by atoms with van der Waals surface area (Å²) >= 11 is 0. The Morgan fingerprint density at radius 2 is 2.05 bits per heavy atom. The minimum Gasteiger partial charge on any atom is -0.314 e. The van der Waals surface area contributed by atoms with Gasteiger partial charge in [-0.25, -0.2) is 0 Å². The summed E-state index contributed by atoms with van der Waals surface area (Å²) in [6, 6.07) is 8.36. The number of rotatable bonds is 3. The fourth-order valence-electron chi connectivity index (χ4n) is 2.62. The largest absolute Gasteiger partial charge is 0.314 e. The molecule has 1 amide bonds. The zero-order chi connectivity index (χ0) is 14.1. The molecule has 3 rings (SSSR count). The minimum absolute atomic E-state index is 0.155. The first-order valence-corrected chi connectivity index (χ1v) is 6.93. The van der Waals surface area contributed by atoms with E-state index in [0.29, 0.717) is 13.0 Å². The normalized spacial score (nSPS) is 14.8. The first kappa shape index (κ1) is 12.8. The van der Waals surface area contributed by atoms with Crippen LogP contribution in [0.25, 0.3) is 0 Å². The number of aryl methyl sites for hydroxylation is 1. The molecule has 1 aromatic heterocycles. The number of amides is 1. The number of hydrogen-bond acceptors (Lipinski definition) is 3. The summed E-state index contributed by atoms with van der Waals surface area (Å²) in [4.78, 5) is 14.1. The zero-order valence-corrected chi connectivity index (χ0v) is 11.8. The van der Waals surface area contributed by atoms with Crippen molar-refractivity contribution in [3.8, 4) is 0 Å². The lowest BCUT2D eigenvalue weighted by Crippen LogP contribution is -2.35. The molecule has 5 nitrogen and oxygen atoms in total. The van der Waals surface area contributed by atoms with E-state index in [-0.39, 0.29) is 11.9 Å². The molecule has 1 aliphatic rings. The number of carbonyl (C=O) groups excluding carboxylic acids is 1. The van der Waals surface area contributed by atoms with Gasteiger partial charge in [0.05, 0.1) is 6.54 Å². The van der Waals surface area contributed by atoms with Crippen LogP contribution in [0.2, 0.25) is 0 Å². The number of carbonyl (C=O) groups is 1. The number of benzene rings is 1. The second kappa shape index (κ2) is 5.07. The van der Waals surface area contributed by atoms with Crippen LogP contribution in [0, 0.1) is 0 Å². The molecule has 0 saturated carbocycles. The van der Waals surface area contributed by atoms with Gasteiger partial charge in [0.25, 0.3) is 0 Å². The molecule has 0 unspecified atom stereocenters. The Morgan fingerprint density at radius 1 is 1.25 bits per heavy atom. The molecule has 0 atom stereocenters. The highest BCUT2D eigenvalue weighted by atomic mass is 16.2. The van der Waals surface area contributed by atoms with Crippen molar-refractivity contribution < 1.29 is 4.79 Å². The maximum Gasteiger partial charge on any atom is 0.227 e. The summed E-state index contributed by atoms with van der Waals surface area (Å²) in [6.07, 6.45) is 3.11. The van der Waals surface area contributed by atoms with Crippen LogP contribution in [0.4, 0.5) is 5.69 Å². The van der Waals surface area contributed by atoms with E-state index in [0.717, 1.165) is 17.9 Å². The molecule has 0 spiro atoms. The van der Waals surface area contributed by atoms with Gasteiger partial charge < -0.3 is 9.47 Å². The maximum atomic E-state index is 12.2. The number of hydrogen-bond donors (Lipinski definition) is 0. The quantitative estimate of drug-likeness (QED) is 0.860. The van der Waals surface area contributed by atoms with Crippen molar-refractivity contribution in [2.45, 2.75) is 39.3 Å². The second-order valence-corrected chi connectivity index (χ2v) is 5.36. The van der Waals surface area contributed by atoms with Gasteiger partial charge in [-0.15, -0.1) is 10.2 Å². The van der Waals surface area contributed by atoms with Gasteiger partial charge in [-0.2, -0.15) is 0 Å². The summed E-state index contributed by atoms with van der Waals surface area (Å²) in [7, 11) is 0. The number of para-hydroxylation sites is 1. The smallest absolute Gasteiger partial charge is 0.227 e. The Morgan fingerprint density at radius 3 is 2.85 bits per heavy atom. The van der Waals surface area contributed by atoms with Gasteiger partial charge in [0.1, 0.15) is 6.33 Å². The number of fused-ring (bicyclic) bond motifs is 1. The van der Waals surface area contributed by atoms with Crippen LogP contribution in [0.1, 0.15) is 37.7 Å². The van der Waals surface area contributed by atoms with E-state index in [1.807, 2.05) is 27.7 Å². The van der Waals surface area contributed by atoms with E-state index in [9.17, 15) is 4.79 Å². The van der Waals surface area contributed by atoms with Gasteiger partial charge in [0.15, 0.2) is 5.82 Å². The lowest BCUT2D eigenvalue weighted by atomic mass is 10.0. The SMILES string of the molecule is CC(C)n1cnnc1CN1C(=O)CCc2ccccc21. The maximum absolute atomic E-state index is 12.2. The molecule has 0 radical (unpaired) electrons. The first-order chi connectivity index (χ1) is 9.66. The van der Waals surface area contributed by atoms with Gasteiger partial charge >= 0.3 is 0 Å². The predicted molar refractivity (Wildman–Crippen MR) is 76.4 cm³/mol. The fraction of sp³-hybridized carbons (Fsp3) is 0.400. The minimum atomic E-state index is 0.155. The van der Waals surface area contributed by atoms with E-state index in [4.69, 9.17) is 0 Å². The van der Waals surface area contributed by atoms with E-state index in [1.54, 1.807) is 6.33 Å². The van der Waals surface area contributed by atoms with Crippen molar-refractivity contribution in [3.63, 3.8) is 0 Å². The second-order valence-electron chi connectivity index (χ2n) is 5.36. The summed E-state index contributed by atoms with van der Waals surface area (Å²) in [5.74, 6) is 0.979. The summed E-state index contributed by atoms with van der Waals surface area (Å²) in [5, 5.41) is 8.12. The number of anilines is 1. The van der Waals surface area contributed by atoms with Crippen molar-refractivity contribution in [3.05, 3.63) is 42.0 Å². The Labute approximate surface area is 118 Å². The monoisotopic (exact) mass is 270 g/mol. The van der Waals surface area contributed by atoms with E-state index in [2.05, 4.69) is 30.1 Å². The van der Waals surface area contributed by atoms with Crippen molar-refractivity contribution in [1.29, 1.82) is 0 Å². The third kappa shape index (κ3) is 2.19. The molecule has 1 aliphatic heterocycles. The molecule has 104 valence electrons. The molecule has 20 heavy (non-hydrogen) atoms. The Bertz CT molecular complexity index is 632. The first-order valence-electron chi connectivity index (χ1n) is 6.93. The van der Waals surface area contributed by atoms with Gasteiger partial charge in [-0.05, 0) is 31.9 Å². The highest BCUT2D eigenvalue weighted by Crippen LogP contribution is 2.28. The van der Waals surface area contributed by atoms with Crippen molar-refractivity contribution in [2.75, 3.05) is 4.90 Å². The molecule has 2 heterocycles. The fourth-order valence-corrected chi connectivity index (χ4v) is 2.62. The van der Waals surface area contributed by atoms with Crippen LogP contribution in [-0.4, -0.2) is 20.7 Å². The Kier molecular flexibility index (Phi) is 3.26. The molecule has 1 aromatic carbocycles. The summed E-state index contributed by atoms with van der Waals surface area (Å²) < 4.78 is 2.00. The summed E-state index contributed by atoms with van der Waals surface area (Å²) in [5.41, 5.74) is 2.23. The molecule has 5 heteroatoms. The van der Waals surface area contributed by atoms with Gasteiger partial charge in [0.2, 0.25) is 5.91 Å². The Hall–Kier alpha value is -2.17. The summed E-state index contributed by atoms with van der Waals surface area (Å²) in [6.45, 7) is 4.64. The zero-order valence-electron chi connectivity index (χ0n) is 11.8. The third-order valence-corrected chi connectivity index (χ3v) is 3.69. The number of aromatic nitrogens is 3. The van der Waals surface area contributed by atoms with Crippen LogP contribution in [-0.2, 0) is 17.8 Å². The predicted octanol–water partition coefficient (Wildman–Crippen LogP) is 2.34. The topological polar surface area (TPSA) is 51.0 Å². The average molecular weight is 270 g/mol. The molecular weight excluding hydrogens is 252 g/mol. The lowest BCUT2D eigenvalue weighted by molar-refractivity contribution is -0.119. The molecule has 0 bridgehead atoms. The van der Waals surface area contributed by atoms with E-state index >= 15 is 0 Å². The van der Waals surface area contributed by atoms with Crippen molar-refractivity contribution in [2.24, 2.45) is 0 Å². The van der Waals surface area contributed by atoms with E-state index < -0.39 is 0 Å². The molecular formula is C15H18N4O. The van der Waals surface area contributed by atoms with Crippen LogP contribution >= 0.6 is 0 Å². The van der Waals surface area contributed by atoms with Crippen molar-refractivity contribution in [1.82, 2.24) is 14.8 Å². The highest BCUT2D eigenvalue weighted by molar-refractivity contribution is 5.96. The van der Waals surface area contributed by atoms with Crippen molar-refractivity contribution >= 4 is 11.6 Å². The molecule has 0 N–H and O–H groups in total. The standard InChI is InChI=1S/C15H18N4O/c1-11(2)19-10-16-17-14(19)9-18-13-6-4-3-5-12(13)7-8-15(18)20/h3-6,10-11H,7-9H2,1-2H3. The van der Waals surface area contributed by atoms with Gasteiger partial charge in [-0.3, -0.25) is 4.79 Å². The van der Waals surface area contributed by atoms with Gasteiger partial charge in [0, 0.05) is 18.2 Å². The van der Waals surface area contributed by atoms with Crippen LogP contribution < -0.4 is 4.90 Å². The highest BCUT2D eigenvalue weighted by Gasteiger charge is 2.25. The Balaban J connectivity index is 1.94. The van der Waals surface area contributed by atoms with E-state index in [1.165, 1.54) is 5.56 Å². The lowest BCUT2D eigenvalue weighted by Gasteiger charge is -2.29. The number of nitrogens with zero attached hydrogens (tertiary/aromatic N) is 4.